The summed E-state index contributed by atoms with van der Waals surface area (Å²) in [5.41, 5.74) is 7.73. The van der Waals surface area contributed by atoms with E-state index < -0.39 is 0 Å². The molecule has 2 N–H and O–H groups in total. The number of benzene rings is 1. The molecule has 3 nitrogen and oxygen atoms in total. The second-order valence-electron chi connectivity index (χ2n) is 5.88. The highest BCUT2D eigenvalue weighted by Gasteiger charge is 2.36. The first-order chi connectivity index (χ1) is 9.70. The van der Waals surface area contributed by atoms with Crippen LogP contribution in [0, 0.1) is 11.7 Å². The summed E-state index contributed by atoms with van der Waals surface area (Å²) in [6.07, 6.45) is 5.57. The highest BCUT2D eigenvalue weighted by molar-refractivity contribution is 5.97. The van der Waals surface area contributed by atoms with Crippen molar-refractivity contribution in [3.8, 4) is 0 Å². The van der Waals surface area contributed by atoms with Crippen LogP contribution >= 0.6 is 0 Å². The fraction of sp³-hybridized carbons (Fsp3) is 0.562. The van der Waals surface area contributed by atoms with Crippen LogP contribution < -0.4 is 10.6 Å². The lowest BCUT2D eigenvalue weighted by Gasteiger charge is -2.42. The third-order valence-corrected chi connectivity index (χ3v) is 4.69. The lowest BCUT2D eigenvalue weighted by molar-refractivity contribution is -0.119. The molecular weight excluding hydrogens is 255 g/mol. The molecule has 1 aliphatic carbocycles. The molecule has 0 saturated heterocycles. The first-order valence-corrected chi connectivity index (χ1v) is 7.51. The average molecular weight is 276 g/mol. The number of amides is 1. The second-order valence-corrected chi connectivity index (χ2v) is 5.88. The number of carbonyl (C=O) groups is 1. The molecule has 1 aromatic carbocycles. The zero-order valence-corrected chi connectivity index (χ0v) is 11.6. The first kappa shape index (κ1) is 13.6. The van der Waals surface area contributed by atoms with Gasteiger partial charge in [-0.1, -0.05) is 18.9 Å². The fourth-order valence-electron chi connectivity index (χ4n) is 3.64. The van der Waals surface area contributed by atoms with Gasteiger partial charge in [0.15, 0.2) is 0 Å². The lowest BCUT2D eigenvalue weighted by Crippen LogP contribution is -2.50. The molecule has 3 rings (SSSR count). The maximum atomic E-state index is 13.6. The Hall–Kier alpha value is -1.42. The van der Waals surface area contributed by atoms with Gasteiger partial charge < -0.3 is 10.6 Å². The Morgan fingerprint density at radius 1 is 1.25 bits per heavy atom. The molecule has 108 valence electrons. The summed E-state index contributed by atoms with van der Waals surface area (Å²) in [6, 6.07) is 4.94. The number of carbonyl (C=O) groups excluding carboxylic acids is 1. The van der Waals surface area contributed by atoms with Crippen LogP contribution in [0.25, 0.3) is 0 Å². The molecule has 1 aliphatic heterocycles. The van der Waals surface area contributed by atoms with Crippen molar-refractivity contribution in [1.82, 2.24) is 0 Å². The van der Waals surface area contributed by atoms with E-state index in [2.05, 4.69) is 0 Å². The quantitative estimate of drug-likeness (QED) is 0.902. The molecule has 20 heavy (non-hydrogen) atoms. The normalized spacial score (nSPS) is 26.5. The minimum Gasteiger partial charge on any atom is -0.330 e. The molecule has 2 aliphatic rings. The number of fused-ring (bicyclic) bond motifs is 1. The number of aryl methyl sites for hydroxylation is 1. The van der Waals surface area contributed by atoms with Crippen molar-refractivity contribution in [3.05, 3.63) is 29.6 Å². The molecule has 1 aromatic rings. The summed E-state index contributed by atoms with van der Waals surface area (Å²) < 4.78 is 13.6. The molecule has 0 spiro atoms. The fourth-order valence-corrected chi connectivity index (χ4v) is 3.64. The van der Waals surface area contributed by atoms with E-state index >= 15 is 0 Å². The highest BCUT2D eigenvalue weighted by Crippen LogP contribution is 2.36. The summed E-state index contributed by atoms with van der Waals surface area (Å²) in [6.45, 7) is 0.596. The number of hydrogen-bond acceptors (Lipinski definition) is 2. The van der Waals surface area contributed by atoms with Crippen LogP contribution in [0.3, 0.4) is 0 Å². The number of halogens is 1. The minimum absolute atomic E-state index is 0.119. The number of rotatable bonds is 2. The number of anilines is 1. The second kappa shape index (κ2) is 5.52. The van der Waals surface area contributed by atoms with Gasteiger partial charge in [0.2, 0.25) is 5.91 Å². The Balaban J connectivity index is 1.99. The van der Waals surface area contributed by atoms with E-state index in [4.69, 9.17) is 5.73 Å². The van der Waals surface area contributed by atoms with Crippen LogP contribution in [0.2, 0.25) is 0 Å². The Labute approximate surface area is 118 Å². The van der Waals surface area contributed by atoms with Crippen LogP contribution in [0.4, 0.5) is 10.1 Å². The molecule has 0 radical (unpaired) electrons. The average Bonchev–Trinajstić information content (AvgIpc) is 2.47. The molecular formula is C16H21FN2O. The SMILES string of the molecule is NCC1CCCCC1N1C(=O)CCc2ccc(F)cc21. The smallest absolute Gasteiger partial charge is 0.227 e. The third-order valence-electron chi connectivity index (χ3n) is 4.69. The Bertz CT molecular complexity index is 517. The standard InChI is InChI=1S/C16H21FN2O/c17-13-7-5-11-6-8-16(20)19(15(11)9-13)14-4-2-1-3-12(14)10-18/h5,7,9,12,14H,1-4,6,8,10,18H2. The van der Waals surface area contributed by atoms with Crippen molar-refractivity contribution in [2.45, 2.75) is 44.6 Å². The monoisotopic (exact) mass is 276 g/mol. The molecule has 4 heteroatoms. The van der Waals surface area contributed by atoms with E-state index in [1.54, 1.807) is 0 Å². The van der Waals surface area contributed by atoms with Gasteiger partial charge in [0, 0.05) is 12.5 Å². The van der Waals surface area contributed by atoms with Gasteiger partial charge in [0.1, 0.15) is 5.82 Å². The van der Waals surface area contributed by atoms with E-state index in [0.29, 0.717) is 25.3 Å². The summed E-state index contributed by atoms with van der Waals surface area (Å²) in [4.78, 5) is 14.2. The van der Waals surface area contributed by atoms with Gasteiger partial charge in [-0.2, -0.15) is 0 Å². The van der Waals surface area contributed by atoms with E-state index in [0.717, 1.165) is 30.5 Å². The van der Waals surface area contributed by atoms with Gasteiger partial charge in [-0.15, -0.1) is 0 Å². The molecule has 2 unspecified atom stereocenters. The number of nitrogens with two attached hydrogens (primary N) is 1. The van der Waals surface area contributed by atoms with Gasteiger partial charge in [0.25, 0.3) is 0 Å². The topological polar surface area (TPSA) is 46.3 Å². The highest BCUT2D eigenvalue weighted by atomic mass is 19.1. The van der Waals surface area contributed by atoms with Crippen molar-refractivity contribution in [2.75, 3.05) is 11.4 Å². The van der Waals surface area contributed by atoms with Crippen molar-refractivity contribution in [2.24, 2.45) is 11.7 Å². The van der Waals surface area contributed by atoms with Gasteiger partial charge in [-0.25, -0.2) is 4.39 Å². The third kappa shape index (κ3) is 2.33. The largest absolute Gasteiger partial charge is 0.330 e. The summed E-state index contributed by atoms with van der Waals surface area (Å²) >= 11 is 0. The van der Waals surface area contributed by atoms with E-state index in [1.807, 2.05) is 11.0 Å². The van der Waals surface area contributed by atoms with E-state index in [1.165, 1.54) is 18.6 Å². The predicted octanol–water partition coefficient (Wildman–Crippen LogP) is 2.62. The summed E-state index contributed by atoms with van der Waals surface area (Å²) in [7, 11) is 0. The zero-order chi connectivity index (χ0) is 14.1. The lowest BCUT2D eigenvalue weighted by atomic mass is 9.82. The molecule has 0 aromatic heterocycles. The first-order valence-electron chi connectivity index (χ1n) is 7.51. The van der Waals surface area contributed by atoms with Crippen molar-refractivity contribution in [1.29, 1.82) is 0 Å². The Morgan fingerprint density at radius 3 is 2.85 bits per heavy atom. The maximum Gasteiger partial charge on any atom is 0.227 e. The van der Waals surface area contributed by atoms with Crippen LogP contribution in [-0.2, 0) is 11.2 Å². The molecule has 1 fully saturated rings. The summed E-state index contributed by atoms with van der Waals surface area (Å²) in [5.74, 6) is 0.180. The van der Waals surface area contributed by atoms with Gasteiger partial charge in [0.05, 0.1) is 5.69 Å². The maximum absolute atomic E-state index is 13.6. The van der Waals surface area contributed by atoms with Crippen molar-refractivity contribution in [3.63, 3.8) is 0 Å². The Morgan fingerprint density at radius 2 is 2.05 bits per heavy atom. The summed E-state index contributed by atoms with van der Waals surface area (Å²) in [5, 5.41) is 0. The molecule has 1 amide bonds. The number of hydrogen-bond donors (Lipinski definition) is 1. The molecule has 1 heterocycles. The molecule has 1 saturated carbocycles. The minimum atomic E-state index is -0.274. The van der Waals surface area contributed by atoms with Crippen LogP contribution in [0.1, 0.15) is 37.7 Å². The van der Waals surface area contributed by atoms with Crippen LogP contribution in [-0.4, -0.2) is 18.5 Å². The molecule has 2 atom stereocenters. The Kier molecular flexibility index (Phi) is 3.74. The van der Waals surface area contributed by atoms with E-state index in [-0.39, 0.29) is 17.8 Å². The van der Waals surface area contributed by atoms with Crippen molar-refractivity contribution < 1.29 is 9.18 Å². The predicted molar refractivity (Wildman–Crippen MR) is 77.0 cm³/mol. The van der Waals surface area contributed by atoms with E-state index in [9.17, 15) is 9.18 Å². The molecule has 0 bridgehead atoms. The van der Waals surface area contributed by atoms with Crippen molar-refractivity contribution >= 4 is 11.6 Å². The zero-order valence-electron chi connectivity index (χ0n) is 11.6. The van der Waals surface area contributed by atoms with Gasteiger partial charge in [-0.3, -0.25) is 4.79 Å². The van der Waals surface area contributed by atoms with Gasteiger partial charge >= 0.3 is 0 Å². The van der Waals surface area contributed by atoms with Crippen LogP contribution in [0.15, 0.2) is 18.2 Å². The van der Waals surface area contributed by atoms with Gasteiger partial charge in [-0.05, 0) is 49.4 Å². The number of nitrogens with zero attached hydrogens (tertiary/aromatic N) is 1. The van der Waals surface area contributed by atoms with Crippen LogP contribution in [0.5, 0.6) is 0 Å².